The van der Waals surface area contributed by atoms with E-state index in [1.165, 1.54) is 0 Å². The maximum absolute atomic E-state index is 13.6. The topological polar surface area (TPSA) is 64.4 Å². The van der Waals surface area contributed by atoms with Gasteiger partial charge in [0.25, 0.3) is 0 Å². The molecular formula is C29H23BrCl2N2O2. The van der Waals surface area contributed by atoms with Gasteiger partial charge in [-0.1, -0.05) is 81.1 Å². The van der Waals surface area contributed by atoms with Crippen molar-refractivity contribution in [1.82, 2.24) is 0 Å². The van der Waals surface area contributed by atoms with E-state index < -0.39 is 5.92 Å². The van der Waals surface area contributed by atoms with Crippen LogP contribution in [-0.2, 0) is 4.79 Å². The molecule has 0 saturated carbocycles. The van der Waals surface area contributed by atoms with E-state index in [-0.39, 0.29) is 17.4 Å². The Balaban J connectivity index is 1.85. The van der Waals surface area contributed by atoms with Gasteiger partial charge in [0.2, 0.25) is 0 Å². The van der Waals surface area contributed by atoms with Gasteiger partial charge in [0.15, 0.2) is 5.78 Å². The summed E-state index contributed by atoms with van der Waals surface area (Å²) in [6.07, 6.45) is 1.73. The minimum atomic E-state index is -0.699. The van der Waals surface area contributed by atoms with Gasteiger partial charge < -0.3 is 5.11 Å². The van der Waals surface area contributed by atoms with E-state index in [1.54, 1.807) is 23.1 Å². The third-order valence-corrected chi connectivity index (χ3v) is 7.73. The smallest absolute Gasteiger partial charge is 0.161 e. The highest BCUT2D eigenvalue weighted by atomic mass is 79.9. The van der Waals surface area contributed by atoms with Crippen LogP contribution in [0.1, 0.15) is 41.9 Å². The third kappa shape index (κ3) is 4.40. The lowest BCUT2D eigenvalue weighted by Gasteiger charge is -2.42. The van der Waals surface area contributed by atoms with E-state index in [2.05, 4.69) is 15.9 Å². The number of rotatable bonds is 3. The molecule has 1 aliphatic carbocycles. The summed E-state index contributed by atoms with van der Waals surface area (Å²) in [4.78, 5) is 15.3. The van der Waals surface area contributed by atoms with Crippen molar-refractivity contribution >= 4 is 62.2 Å². The highest BCUT2D eigenvalue weighted by molar-refractivity contribution is 9.10. The molecule has 182 valence electrons. The number of nitrogens with zero attached hydrogens (tertiary/aromatic N) is 1. The minimum absolute atomic E-state index is 0.00558. The monoisotopic (exact) mass is 580 g/mol. The number of ketones is 1. The maximum atomic E-state index is 13.6. The van der Waals surface area contributed by atoms with Gasteiger partial charge in [-0.05, 0) is 55.7 Å². The molecule has 0 spiro atoms. The van der Waals surface area contributed by atoms with Crippen LogP contribution in [0.3, 0.4) is 0 Å². The molecule has 2 N–H and O–H groups in total. The number of aliphatic hydroxyl groups excluding tert-OH is 1. The molecule has 0 amide bonds. The van der Waals surface area contributed by atoms with Crippen molar-refractivity contribution < 1.29 is 9.90 Å². The van der Waals surface area contributed by atoms with Crippen LogP contribution in [0.25, 0.3) is 5.76 Å². The first-order chi connectivity index (χ1) is 17.3. The molecule has 1 heterocycles. The number of hydrogen-bond acceptors (Lipinski definition) is 3. The quantitative estimate of drug-likeness (QED) is 0.304. The van der Waals surface area contributed by atoms with E-state index in [9.17, 15) is 15.3 Å². The van der Waals surface area contributed by atoms with Crippen molar-refractivity contribution in [2.24, 2.45) is 0 Å². The molecule has 1 unspecified atom stereocenters. The second-order valence-corrected chi connectivity index (χ2v) is 10.8. The molecule has 4 nitrogen and oxygen atoms in total. The fourth-order valence-corrected chi connectivity index (χ4v) is 5.91. The molecular weight excluding hydrogens is 559 g/mol. The Hall–Kier alpha value is -2.86. The second-order valence-electron chi connectivity index (χ2n) is 9.03. The predicted octanol–water partition coefficient (Wildman–Crippen LogP) is 8.62. The van der Waals surface area contributed by atoms with E-state index in [0.717, 1.165) is 21.4 Å². The molecule has 0 saturated heterocycles. The molecule has 2 aliphatic rings. The number of anilines is 1. The van der Waals surface area contributed by atoms with Crippen molar-refractivity contribution in [3.8, 4) is 0 Å². The molecule has 36 heavy (non-hydrogen) atoms. The van der Waals surface area contributed by atoms with E-state index in [1.807, 2.05) is 55.5 Å². The van der Waals surface area contributed by atoms with Crippen LogP contribution in [-0.4, -0.2) is 16.7 Å². The Morgan fingerprint density at radius 3 is 2.50 bits per heavy atom. The van der Waals surface area contributed by atoms with Gasteiger partial charge in [0, 0.05) is 55.0 Å². The first-order valence-corrected chi connectivity index (χ1v) is 13.2. The second kappa shape index (κ2) is 9.89. The number of carbonyl (C=O) groups excluding carboxylic acids is 1. The van der Waals surface area contributed by atoms with Crippen molar-refractivity contribution in [2.45, 2.75) is 32.1 Å². The van der Waals surface area contributed by atoms with Gasteiger partial charge in [-0.15, -0.1) is 0 Å². The number of aryl methyl sites for hydroxylation is 1. The average molecular weight is 582 g/mol. The zero-order valence-electron chi connectivity index (χ0n) is 19.5. The van der Waals surface area contributed by atoms with Gasteiger partial charge >= 0.3 is 0 Å². The fourth-order valence-electron chi connectivity index (χ4n) is 5.01. The molecule has 1 aliphatic heterocycles. The molecule has 7 heteroatoms. The van der Waals surface area contributed by atoms with Gasteiger partial charge in [-0.3, -0.25) is 15.1 Å². The third-order valence-electron chi connectivity index (χ3n) is 6.67. The summed E-state index contributed by atoms with van der Waals surface area (Å²) in [6, 6.07) is 20.2. The number of aliphatic hydroxyl groups is 1. The van der Waals surface area contributed by atoms with Gasteiger partial charge in [0.1, 0.15) is 11.6 Å². The van der Waals surface area contributed by atoms with Crippen LogP contribution in [0.15, 0.2) is 88.0 Å². The van der Waals surface area contributed by atoms with E-state index in [0.29, 0.717) is 51.6 Å². The molecule has 3 aromatic rings. The van der Waals surface area contributed by atoms with Crippen molar-refractivity contribution in [1.29, 1.82) is 5.41 Å². The number of benzene rings is 3. The predicted molar refractivity (Wildman–Crippen MR) is 150 cm³/mol. The van der Waals surface area contributed by atoms with Crippen molar-refractivity contribution in [3.05, 3.63) is 115 Å². The summed E-state index contributed by atoms with van der Waals surface area (Å²) in [6.45, 7) is 1.97. The number of halogens is 3. The largest absolute Gasteiger partial charge is 0.507 e. The molecule has 1 atom stereocenters. The number of hydrogen-bond donors (Lipinski definition) is 2. The number of amidine groups is 1. The lowest BCUT2D eigenvalue weighted by molar-refractivity contribution is -0.116. The molecule has 3 aromatic carbocycles. The van der Waals surface area contributed by atoms with Crippen LogP contribution in [0, 0.1) is 12.3 Å². The van der Waals surface area contributed by atoms with Gasteiger partial charge in [0.05, 0.1) is 0 Å². The maximum Gasteiger partial charge on any atom is 0.161 e. The number of allylic oxidation sites excluding steroid dienone is 2. The first-order valence-electron chi connectivity index (χ1n) is 11.6. The van der Waals surface area contributed by atoms with E-state index in [4.69, 9.17) is 23.2 Å². The molecule has 0 bridgehead atoms. The number of Topliss-reactive ketones (excluding diaryl/α,β-unsaturated/α-hetero) is 1. The van der Waals surface area contributed by atoms with Gasteiger partial charge in [-0.25, -0.2) is 0 Å². The Labute approximate surface area is 228 Å². The Kier molecular flexibility index (Phi) is 6.82. The summed E-state index contributed by atoms with van der Waals surface area (Å²) < 4.78 is 0.855. The fraction of sp³-hybridized carbons (Fsp3) is 0.172. The highest BCUT2D eigenvalue weighted by Crippen LogP contribution is 2.49. The normalized spacial score (nSPS) is 19.4. The summed E-state index contributed by atoms with van der Waals surface area (Å²) in [5.41, 5.74) is 4.66. The zero-order valence-corrected chi connectivity index (χ0v) is 22.6. The number of carbonyl (C=O) groups is 1. The lowest BCUT2D eigenvalue weighted by atomic mass is 9.73. The van der Waals surface area contributed by atoms with Crippen LogP contribution in [0.5, 0.6) is 0 Å². The van der Waals surface area contributed by atoms with E-state index >= 15 is 0 Å². The minimum Gasteiger partial charge on any atom is -0.507 e. The first kappa shape index (κ1) is 24.8. The molecule has 0 aromatic heterocycles. The Morgan fingerprint density at radius 2 is 1.81 bits per heavy atom. The van der Waals surface area contributed by atoms with Crippen LogP contribution >= 0.6 is 39.1 Å². The van der Waals surface area contributed by atoms with Crippen molar-refractivity contribution in [2.75, 3.05) is 4.90 Å². The molecule has 5 rings (SSSR count). The van der Waals surface area contributed by atoms with Crippen LogP contribution in [0.2, 0.25) is 10.0 Å². The van der Waals surface area contributed by atoms with Crippen molar-refractivity contribution in [3.63, 3.8) is 0 Å². The van der Waals surface area contributed by atoms with Crippen LogP contribution < -0.4 is 4.90 Å². The molecule has 0 fully saturated rings. The standard InChI is InChI=1S/C29H23BrCl2N2O2/c1-16-8-10-17(11-9-16)28(36)27-25(21-13-12-19(31)15-22(21)32)26-23(6-3-7-24(26)35)34(29(27)33)20-5-2-4-18(30)14-20/h2,4-5,8-15,25,33,36H,3,6-7H2,1H3/b28-27+,33-29?. The lowest BCUT2D eigenvalue weighted by Crippen LogP contribution is -2.42. The summed E-state index contributed by atoms with van der Waals surface area (Å²) in [7, 11) is 0. The summed E-state index contributed by atoms with van der Waals surface area (Å²) in [5.74, 6) is -0.652. The highest BCUT2D eigenvalue weighted by Gasteiger charge is 2.43. The number of nitrogens with one attached hydrogen (secondary N) is 1. The van der Waals surface area contributed by atoms with Crippen LogP contribution in [0.4, 0.5) is 5.69 Å². The Morgan fingerprint density at radius 1 is 1.06 bits per heavy atom. The summed E-state index contributed by atoms with van der Waals surface area (Å²) >= 11 is 16.4. The average Bonchev–Trinajstić information content (AvgIpc) is 2.84. The zero-order chi connectivity index (χ0) is 25.6. The molecule has 0 radical (unpaired) electrons. The van der Waals surface area contributed by atoms with Gasteiger partial charge in [-0.2, -0.15) is 0 Å². The SMILES string of the molecule is Cc1ccc(/C(O)=C2\C(=N)N(c3cccc(Br)c3)C3=C(C(=O)CCC3)C2c2ccc(Cl)cc2Cl)cc1. The summed E-state index contributed by atoms with van der Waals surface area (Å²) in [5, 5.41) is 21.9. The Bertz CT molecular complexity index is 1460.